The van der Waals surface area contributed by atoms with Gasteiger partial charge in [0.25, 0.3) is 5.91 Å². The van der Waals surface area contributed by atoms with E-state index in [1.807, 2.05) is 12.4 Å². The van der Waals surface area contributed by atoms with E-state index in [1.54, 1.807) is 17.0 Å². The highest BCUT2D eigenvalue weighted by Crippen LogP contribution is 2.31. The Bertz CT molecular complexity index is 576. The van der Waals surface area contributed by atoms with Crippen LogP contribution >= 0.6 is 35.0 Å². The molecular weight excluding hydrogens is 343 g/mol. The van der Waals surface area contributed by atoms with Crippen LogP contribution in [-0.4, -0.2) is 41.0 Å². The van der Waals surface area contributed by atoms with Crippen LogP contribution in [0.15, 0.2) is 12.1 Å². The van der Waals surface area contributed by atoms with Gasteiger partial charge in [0.1, 0.15) is 0 Å². The fourth-order valence-corrected chi connectivity index (χ4v) is 3.32. The van der Waals surface area contributed by atoms with Crippen LogP contribution in [0.1, 0.15) is 23.2 Å². The molecule has 1 amide bonds. The molecule has 0 atom stereocenters. The molecule has 1 aliphatic rings. The minimum atomic E-state index is -0.139. The predicted molar refractivity (Wildman–Crippen MR) is 91.1 cm³/mol. The molecule has 22 heavy (non-hydrogen) atoms. The van der Waals surface area contributed by atoms with Crippen molar-refractivity contribution in [2.45, 2.75) is 12.8 Å². The summed E-state index contributed by atoms with van der Waals surface area (Å²) >= 11 is 14.0. The smallest absolute Gasteiger partial charge is 0.256 e. The number of hydrogen-bond donors (Lipinski definition) is 1. The number of amides is 1. The van der Waals surface area contributed by atoms with Gasteiger partial charge in [0.05, 0.1) is 27.2 Å². The average molecular weight is 359 g/mol. The lowest BCUT2D eigenvalue weighted by Gasteiger charge is -2.20. The first-order chi connectivity index (χ1) is 10.6. The quantitative estimate of drug-likeness (QED) is 0.376. The zero-order valence-corrected chi connectivity index (χ0v) is 14.4. The van der Waals surface area contributed by atoms with E-state index in [-0.39, 0.29) is 16.0 Å². The van der Waals surface area contributed by atoms with Gasteiger partial charge in [-0.25, -0.2) is 5.01 Å². The molecule has 0 spiro atoms. The Labute approximate surface area is 144 Å². The summed E-state index contributed by atoms with van der Waals surface area (Å²) in [7, 11) is 0. The molecule has 0 bridgehead atoms. The van der Waals surface area contributed by atoms with Crippen LogP contribution in [0.2, 0.25) is 10.0 Å². The summed E-state index contributed by atoms with van der Waals surface area (Å²) in [5.74, 6) is 0.348. The lowest BCUT2D eigenvalue weighted by molar-refractivity contribution is 0.0793. The van der Waals surface area contributed by atoms with Crippen molar-refractivity contribution in [1.29, 1.82) is 5.26 Å². The highest BCUT2D eigenvalue weighted by atomic mass is 35.5. The van der Waals surface area contributed by atoms with Gasteiger partial charge in [-0.05, 0) is 31.2 Å². The number of benzene rings is 1. The Morgan fingerprint density at radius 3 is 2.50 bits per heavy atom. The second-order valence-corrected chi connectivity index (χ2v) is 6.52. The molecule has 0 radical (unpaired) electrons. The second-order valence-electron chi connectivity index (χ2n) is 4.87. The van der Waals surface area contributed by atoms with Crippen LogP contribution in [0.3, 0.4) is 0 Å². The molecule has 0 aliphatic carbocycles. The van der Waals surface area contributed by atoms with E-state index >= 15 is 0 Å². The Morgan fingerprint density at radius 1 is 1.41 bits per heavy atom. The molecule has 5 nitrogen and oxygen atoms in total. The second kappa shape index (κ2) is 7.82. The number of nitrogens with one attached hydrogen (secondary N) is 1. The molecular formula is C14H16Cl2N4OS. The number of hydrazine groups is 1. The summed E-state index contributed by atoms with van der Waals surface area (Å²) < 4.78 is 0. The van der Waals surface area contributed by atoms with Crippen molar-refractivity contribution >= 4 is 46.6 Å². The lowest BCUT2D eigenvalue weighted by Crippen LogP contribution is -2.28. The molecule has 118 valence electrons. The molecule has 1 heterocycles. The predicted octanol–water partition coefficient (Wildman–Crippen LogP) is 3.66. The summed E-state index contributed by atoms with van der Waals surface area (Å²) in [6, 6.07) is 3.23. The standard InChI is InChI=1S/C14H16Cl2N4OS/c1-22-9-20(8-17)18-10-6-11(15)13(12(16)7-10)14(21)19-4-2-3-5-19/h6-7,18H,2-5,9H2,1H3. The number of rotatable bonds is 5. The number of thioether (sulfide) groups is 1. The SMILES string of the molecule is CSCN(C#N)Nc1cc(Cl)c(C(=O)N2CCCC2)c(Cl)c1. The summed E-state index contributed by atoms with van der Waals surface area (Å²) in [6.45, 7) is 1.48. The van der Waals surface area contributed by atoms with E-state index < -0.39 is 0 Å². The van der Waals surface area contributed by atoms with Crippen molar-refractivity contribution in [3.05, 3.63) is 27.7 Å². The Hall–Kier alpha value is -1.29. The highest BCUT2D eigenvalue weighted by molar-refractivity contribution is 7.98. The van der Waals surface area contributed by atoms with Crippen LogP contribution < -0.4 is 5.43 Å². The third-order valence-corrected chi connectivity index (χ3v) is 4.40. The number of carbonyl (C=O) groups is 1. The van der Waals surface area contributed by atoms with E-state index in [2.05, 4.69) is 5.43 Å². The molecule has 2 rings (SSSR count). The van der Waals surface area contributed by atoms with Crippen molar-refractivity contribution in [2.75, 3.05) is 30.6 Å². The van der Waals surface area contributed by atoms with Crippen molar-refractivity contribution in [1.82, 2.24) is 9.91 Å². The maximum atomic E-state index is 12.5. The monoisotopic (exact) mass is 358 g/mol. The summed E-state index contributed by atoms with van der Waals surface area (Å²) in [4.78, 5) is 14.2. The van der Waals surface area contributed by atoms with Crippen LogP contribution in [0.5, 0.6) is 0 Å². The normalized spacial score (nSPS) is 13.8. The van der Waals surface area contributed by atoms with Crippen molar-refractivity contribution in [3.8, 4) is 6.19 Å². The van der Waals surface area contributed by atoms with Crippen molar-refractivity contribution in [3.63, 3.8) is 0 Å². The molecule has 1 saturated heterocycles. The third kappa shape index (κ3) is 3.92. The van der Waals surface area contributed by atoms with Gasteiger partial charge in [-0.1, -0.05) is 23.2 Å². The Morgan fingerprint density at radius 2 is 2.00 bits per heavy atom. The molecule has 0 aromatic heterocycles. The molecule has 8 heteroatoms. The Kier molecular flexibility index (Phi) is 6.07. The fourth-order valence-electron chi connectivity index (χ4n) is 2.29. The van der Waals surface area contributed by atoms with Gasteiger partial charge in [0.2, 0.25) is 6.19 Å². The molecule has 1 N–H and O–H groups in total. The molecule has 1 aromatic carbocycles. The van der Waals surface area contributed by atoms with Crippen molar-refractivity contribution < 1.29 is 4.79 Å². The van der Waals surface area contributed by atoms with Gasteiger partial charge in [0.15, 0.2) is 0 Å². The summed E-state index contributed by atoms with van der Waals surface area (Å²) in [6.07, 6.45) is 5.92. The van der Waals surface area contributed by atoms with E-state index in [0.717, 1.165) is 25.9 Å². The van der Waals surface area contributed by atoms with Gasteiger partial charge in [-0.3, -0.25) is 10.2 Å². The summed E-state index contributed by atoms with van der Waals surface area (Å²) in [5.41, 5.74) is 3.80. The molecule has 1 fully saturated rings. The van der Waals surface area contributed by atoms with E-state index in [4.69, 9.17) is 28.5 Å². The van der Waals surface area contributed by atoms with Gasteiger partial charge in [-0.15, -0.1) is 11.8 Å². The number of likely N-dealkylation sites (tertiary alicyclic amines) is 1. The average Bonchev–Trinajstić information content (AvgIpc) is 3.00. The molecule has 1 aromatic rings. The van der Waals surface area contributed by atoms with E-state index in [1.165, 1.54) is 16.8 Å². The van der Waals surface area contributed by atoms with Gasteiger partial charge in [0, 0.05) is 13.1 Å². The molecule has 0 unspecified atom stereocenters. The first-order valence-corrected chi connectivity index (χ1v) is 8.93. The molecule has 1 aliphatic heterocycles. The van der Waals surface area contributed by atoms with Crippen LogP contribution in [0, 0.1) is 11.5 Å². The zero-order chi connectivity index (χ0) is 16.1. The lowest BCUT2D eigenvalue weighted by atomic mass is 10.1. The maximum Gasteiger partial charge on any atom is 0.256 e. The Balaban J connectivity index is 2.21. The van der Waals surface area contributed by atoms with Gasteiger partial charge < -0.3 is 4.90 Å². The minimum Gasteiger partial charge on any atom is -0.339 e. The topological polar surface area (TPSA) is 59.4 Å². The highest BCUT2D eigenvalue weighted by Gasteiger charge is 2.24. The number of carbonyl (C=O) groups excluding carboxylic acids is 1. The maximum absolute atomic E-state index is 12.5. The fraction of sp³-hybridized carbons (Fsp3) is 0.429. The number of anilines is 1. The number of hydrogen-bond acceptors (Lipinski definition) is 5. The number of halogens is 2. The third-order valence-electron chi connectivity index (χ3n) is 3.29. The van der Waals surface area contributed by atoms with Gasteiger partial charge in [-0.2, -0.15) is 5.26 Å². The largest absolute Gasteiger partial charge is 0.339 e. The van der Waals surface area contributed by atoms with Crippen molar-refractivity contribution in [2.24, 2.45) is 0 Å². The van der Waals surface area contributed by atoms with Crippen LogP contribution in [0.4, 0.5) is 5.69 Å². The first kappa shape index (κ1) is 17.1. The minimum absolute atomic E-state index is 0.139. The van der Waals surface area contributed by atoms with E-state index in [9.17, 15) is 4.79 Å². The zero-order valence-electron chi connectivity index (χ0n) is 12.1. The van der Waals surface area contributed by atoms with E-state index in [0.29, 0.717) is 17.1 Å². The first-order valence-electron chi connectivity index (χ1n) is 6.78. The van der Waals surface area contributed by atoms with Crippen LogP contribution in [0.25, 0.3) is 0 Å². The summed E-state index contributed by atoms with van der Waals surface area (Å²) in [5, 5.41) is 10.9. The number of nitrogens with zero attached hydrogens (tertiary/aromatic N) is 3. The number of nitriles is 1. The van der Waals surface area contributed by atoms with Crippen LogP contribution in [-0.2, 0) is 0 Å². The van der Waals surface area contributed by atoms with Gasteiger partial charge >= 0.3 is 0 Å². The molecule has 0 saturated carbocycles.